The highest BCUT2D eigenvalue weighted by molar-refractivity contribution is 5.80. The Labute approximate surface area is 124 Å². The third-order valence-corrected chi connectivity index (χ3v) is 3.37. The zero-order valence-electron chi connectivity index (χ0n) is 12.5. The number of carbonyl (C=O) groups is 1. The quantitative estimate of drug-likeness (QED) is 0.793. The fourth-order valence-corrected chi connectivity index (χ4v) is 2.28. The molecule has 0 spiro atoms. The van der Waals surface area contributed by atoms with Crippen LogP contribution in [0.4, 0.5) is 0 Å². The van der Waals surface area contributed by atoms with E-state index in [1.54, 1.807) is 23.3 Å². The van der Waals surface area contributed by atoms with Crippen LogP contribution in [0.3, 0.4) is 0 Å². The molecule has 21 heavy (non-hydrogen) atoms. The van der Waals surface area contributed by atoms with Gasteiger partial charge in [-0.25, -0.2) is 0 Å². The lowest BCUT2D eigenvalue weighted by molar-refractivity contribution is -0.141. The average molecular weight is 285 g/mol. The highest BCUT2D eigenvalue weighted by Crippen LogP contribution is 2.30. The standard InChI is InChI=1S/C16H19N3O2/c1-4-12(5-2)16-14(13-6-8-17-9-7-13)10-18-19(16)11-15(20)21-3/h4,6-10H,5,11H2,1-3H3. The minimum absolute atomic E-state index is 0.105. The molecule has 0 saturated heterocycles. The van der Waals surface area contributed by atoms with Gasteiger partial charge in [-0.3, -0.25) is 14.5 Å². The fraction of sp³-hybridized carbons (Fsp3) is 0.312. The Kier molecular flexibility index (Phi) is 4.87. The Morgan fingerprint density at radius 3 is 2.67 bits per heavy atom. The summed E-state index contributed by atoms with van der Waals surface area (Å²) in [4.78, 5) is 15.6. The SMILES string of the molecule is CC=C(CC)c1c(-c2ccncc2)cnn1CC(=O)OC. The number of hydrogen-bond donors (Lipinski definition) is 0. The van der Waals surface area contributed by atoms with Crippen molar-refractivity contribution in [2.75, 3.05) is 7.11 Å². The number of methoxy groups -OCH3 is 1. The van der Waals surface area contributed by atoms with Crippen molar-refractivity contribution in [3.05, 3.63) is 42.5 Å². The number of aromatic nitrogens is 3. The summed E-state index contributed by atoms with van der Waals surface area (Å²) in [7, 11) is 1.38. The van der Waals surface area contributed by atoms with Crippen molar-refractivity contribution in [1.29, 1.82) is 0 Å². The molecule has 0 atom stereocenters. The molecule has 0 aliphatic carbocycles. The number of hydrogen-bond acceptors (Lipinski definition) is 4. The number of nitrogens with zero attached hydrogens (tertiary/aromatic N) is 3. The lowest BCUT2D eigenvalue weighted by atomic mass is 10.0. The van der Waals surface area contributed by atoms with E-state index in [2.05, 4.69) is 23.1 Å². The Hall–Kier alpha value is -2.43. The molecule has 110 valence electrons. The number of allylic oxidation sites excluding steroid dienone is 2. The van der Waals surface area contributed by atoms with Crippen LogP contribution < -0.4 is 0 Å². The van der Waals surface area contributed by atoms with E-state index >= 15 is 0 Å². The molecule has 2 aromatic rings. The van der Waals surface area contributed by atoms with Gasteiger partial charge in [-0.2, -0.15) is 5.10 Å². The third kappa shape index (κ3) is 3.18. The van der Waals surface area contributed by atoms with Crippen molar-refractivity contribution < 1.29 is 9.53 Å². The monoisotopic (exact) mass is 285 g/mol. The summed E-state index contributed by atoms with van der Waals surface area (Å²) in [5, 5.41) is 4.35. The first-order chi connectivity index (χ1) is 10.2. The van der Waals surface area contributed by atoms with E-state index in [0.29, 0.717) is 0 Å². The molecule has 0 N–H and O–H groups in total. The largest absolute Gasteiger partial charge is 0.468 e. The molecule has 0 amide bonds. The average Bonchev–Trinajstić information content (AvgIpc) is 2.93. The number of carbonyl (C=O) groups excluding carboxylic acids is 1. The van der Waals surface area contributed by atoms with Crippen LogP contribution in [0.15, 0.2) is 36.8 Å². The summed E-state index contributed by atoms with van der Waals surface area (Å²) in [5.74, 6) is -0.313. The number of ether oxygens (including phenoxy) is 1. The van der Waals surface area contributed by atoms with Gasteiger partial charge in [-0.15, -0.1) is 0 Å². The van der Waals surface area contributed by atoms with Gasteiger partial charge in [0.05, 0.1) is 19.0 Å². The Morgan fingerprint density at radius 1 is 1.38 bits per heavy atom. The Balaban J connectivity index is 2.54. The third-order valence-electron chi connectivity index (χ3n) is 3.37. The summed E-state index contributed by atoms with van der Waals surface area (Å²) >= 11 is 0. The molecular weight excluding hydrogens is 266 g/mol. The topological polar surface area (TPSA) is 57.0 Å². The van der Waals surface area contributed by atoms with Crippen LogP contribution in [0.5, 0.6) is 0 Å². The smallest absolute Gasteiger partial charge is 0.327 e. The van der Waals surface area contributed by atoms with Crippen molar-refractivity contribution in [3.63, 3.8) is 0 Å². The summed E-state index contributed by atoms with van der Waals surface area (Å²) in [6.07, 6.45) is 8.19. The molecule has 5 nitrogen and oxygen atoms in total. The molecule has 0 aromatic carbocycles. The molecule has 5 heteroatoms. The first kappa shape index (κ1) is 15.0. The minimum atomic E-state index is -0.313. The summed E-state index contributed by atoms with van der Waals surface area (Å²) in [6, 6.07) is 3.87. The maximum absolute atomic E-state index is 11.6. The number of esters is 1. The summed E-state index contributed by atoms with van der Waals surface area (Å²) < 4.78 is 6.44. The summed E-state index contributed by atoms with van der Waals surface area (Å²) in [6.45, 7) is 4.18. The molecule has 0 fully saturated rings. The van der Waals surface area contributed by atoms with Crippen molar-refractivity contribution >= 4 is 11.5 Å². The van der Waals surface area contributed by atoms with Gasteiger partial charge in [0.15, 0.2) is 0 Å². The van der Waals surface area contributed by atoms with Crippen LogP contribution in [-0.2, 0) is 16.1 Å². The van der Waals surface area contributed by atoms with Gasteiger partial charge in [-0.1, -0.05) is 13.0 Å². The van der Waals surface area contributed by atoms with Gasteiger partial charge in [0, 0.05) is 18.0 Å². The highest BCUT2D eigenvalue weighted by atomic mass is 16.5. The van der Waals surface area contributed by atoms with E-state index in [9.17, 15) is 4.79 Å². The lowest BCUT2D eigenvalue weighted by Crippen LogP contribution is -2.15. The van der Waals surface area contributed by atoms with E-state index < -0.39 is 0 Å². The maximum atomic E-state index is 11.6. The van der Waals surface area contributed by atoms with Crippen LogP contribution in [-0.4, -0.2) is 27.8 Å². The first-order valence-electron chi connectivity index (χ1n) is 6.89. The van der Waals surface area contributed by atoms with E-state index in [1.165, 1.54) is 7.11 Å². The van der Waals surface area contributed by atoms with E-state index in [4.69, 9.17) is 4.74 Å². The van der Waals surface area contributed by atoms with Crippen molar-refractivity contribution in [1.82, 2.24) is 14.8 Å². The first-order valence-corrected chi connectivity index (χ1v) is 6.89. The predicted octanol–water partition coefficient (Wildman–Crippen LogP) is 2.93. The lowest BCUT2D eigenvalue weighted by Gasteiger charge is -2.11. The van der Waals surface area contributed by atoms with E-state index in [0.717, 1.165) is 28.8 Å². The van der Waals surface area contributed by atoms with Gasteiger partial charge < -0.3 is 4.74 Å². The summed E-state index contributed by atoms with van der Waals surface area (Å²) in [5.41, 5.74) is 4.12. The molecule has 0 aliphatic heterocycles. The molecule has 0 unspecified atom stereocenters. The second-order valence-corrected chi connectivity index (χ2v) is 4.54. The number of pyridine rings is 1. The predicted molar refractivity (Wildman–Crippen MR) is 81.4 cm³/mol. The van der Waals surface area contributed by atoms with Crippen LogP contribution in [0.1, 0.15) is 26.0 Å². The molecular formula is C16H19N3O2. The molecule has 0 bridgehead atoms. The van der Waals surface area contributed by atoms with Crippen LogP contribution in [0.2, 0.25) is 0 Å². The molecule has 2 heterocycles. The van der Waals surface area contributed by atoms with Crippen LogP contribution in [0.25, 0.3) is 16.7 Å². The zero-order chi connectivity index (χ0) is 15.2. The van der Waals surface area contributed by atoms with Gasteiger partial charge >= 0.3 is 5.97 Å². The van der Waals surface area contributed by atoms with Crippen molar-refractivity contribution in [3.8, 4) is 11.1 Å². The fourth-order valence-electron chi connectivity index (χ4n) is 2.28. The second-order valence-electron chi connectivity index (χ2n) is 4.54. The molecule has 2 rings (SSSR count). The molecule has 0 radical (unpaired) electrons. The van der Waals surface area contributed by atoms with Gasteiger partial charge in [0.1, 0.15) is 6.54 Å². The van der Waals surface area contributed by atoms with E-state index in [-0.39, 0.29) is 12.5 Å². The second kappa shape index (κ2) is 6.83. The van der Waals surface area contributed by atoms with E-state index in [1.807, 2.05) is 19.1 Å². The highest BCUT2D eigenvalue weighted by Gasteiger charge is 2.17. The normalized spacial score (nSPS) is 11.5. The van der Waals surface area contributed by atoms with Crippen LogP contribution in [0, 0.1) is 0 Å². The van der Waals surface area contributed by atoms with Crippen LogP contribution >= 0.6 is 0 Å². The number of rotatable bonds is 5. The van der Waals surface area contributed by atoms with Gasteiger partial charge in [0.2, 0.25) is 0 Å². The molecule has 0 saturated carbocycles. The zero-order valence-corrected chi connectivity index (χ0v) is 12.5. The maximum Gasteiger partial charge on any atom is 0.327 e. The Bertz CT molecular complexity index is 645. The van der Waals surface area contributed by atoms with Crippen molar-refractivity contribution in [2.24, 2.45) is 0 Å². The minimum Gasteiger partial charge on any atom is -0.468 e. The molecule has 2 aromatic heterocycles. The Morgan fingerprint density at radius 2 is 2.10 bits per heavy atom. The van der Waals surface area contributed by atoms with Crippen molar-refractivity contribution in [2.45, 2.75) is 26.8 Å². The molecule has 0 aliphatic rings. The van der Waals surface area contributed by atoms with Gasteiger partial charge in [0.25, 0.3) is 0 Å². The van der Waals surface area contributed by atoms with Gasteiger partial charge in [-0.05, 0) is 36.6 Å².